The standard InChI is InChI=1S/C14H21N3O3S/c1-10(2)9-20-11-3-6-17(7-4-11)13(19)12(18)16-14-15-5-8-21-14/h5,8,10-11H,3-4,6-7,9H2,1-2H3,(H,15,16,18). The summed E-state index contributed by atoms with van der Waals surface area (Å²) in [6.07, 6.45) is 3.34. The number of ether oxygens (including phenoxy) is 1. The van der Waals surface area contributed by atoms with Gasteiger partial charge in [0.2, 0.25) is 0 Å². The topological polar surface area (TPSA) is 71.5 Å². The van der Waals surface area contributed by atoms with E-state index in [-0.39, 0.29) is 6.10 Å². The highest BCUT2D eigenvalue weighted by Crippen LogP contribution is 2.16. The van der Waals surface area contributed by atoms with E-state index in [2.05, 4.69) is 24.1 Å². The first-order chi connectivity index (χ1) is 10.1. The molecule has 2 heterocycles. The highest BCUT2D eigenvalue weighted by molar-refractivity contribution is 7.13. The van der Waals surface area contributed by atoms with Crippen LogP contribution in [-0.4, -0.2) is 47.5 Å². The van der Waals surface area contributed by atoms with Crippen LogP contribution in [-0.2, 0) is 14.3 Å². The molecule has 6 nitrogen and oxygen atoms in total. The van der Waals surface area contributed by atoms with Gasteiger partial charge in [0.15, 0.2) is 5.13 Å². The van der Waals surface area contributed by atoms with E-state index < -0.39 is 11.8 Å². The molecular formula is C14H21N3O3S. The van der Waals surface area contributed by atoms with Crippen molar-refractivity contribution in [3.8, 4) is 0 Å². The summed E-state index contributed by atoms with van der Waals surface area (Å²) in [7, 11) is 0. The summed E-state index contributed by atoms with van der Waals surface area (Å²) in [6, 6.07) is 0. The number of nitrogens with one attached hydrogen (secondary N) is 1. The van der Waals surface area contributed by atoms with Crippen molar-refractivity contribution in [1.82, 2.24) is 9.88 Å². The van der Waals surface area contributed by atoms with E-state index in [9.17, 15) is 9.59 Å². The summed E-state index contributed by atoms with van der Waals surface area (Å²) in [5, 5.41) is 4.71. The molecule has 2 amide bonds. The molecule has 1 aromatic rings. The molecule has 7 heteroatoms. The second-order valence-corrected chi connectivity index (χ2v) is 6.40. The molecule has 116 valence electrons. The number of carbonyl (C=O) groups excluding carboxylic acids is 2. The minimum absolute atomic E-state index is 0.193. The first-order valence-corrected chi connectivity index (χ1v) is 8.05. The van der Waals surface area contributed by atoms with Crippen LogP contribution in [0.1, 0.15) is 26.7 Å². The minimum Gasteiger partial charge on any atom is -0.378 e. The number of piperidine rings is 1. The van der Waals surface area contributed by atoms with E-state index in [1.807, 2.05) is 0 Å². The van der Waals surface area contributed by atoms with Gasteiger partial charge in [0.25, 0.3) is 0 Å². The molecule has 0 spiro atoms. The Morgan fingerprint density at radius 2 is 2.19 bits per heavy atom. The fourth-order valence-electron chi connectivity index (χ4n) is 2.13. The number of hydrogen-bond acceptors (Lipinski definition) is 5. The Hall–Kier alpha value is -1.47. The molecule has 21 heavy (non-hydrogen) atoms. The molecule has 1 saturated heterocycles. The molecule has 1 aliphatic heterocycles. The fourth-order valence-corrected chi connectivity index (χ4v) is 2.66. The van der Waals surface area contributed by atoms with Crippen LogP contribution in [0.2, 0.25) is 0 Å². The molecule has 0 aliphatic carbocycles. The predicted molar refractivity (Wildman–Crippen MR) is 81.1 cm³/mol. The molecule has 1 N–H and O–H groups in total. The van der Waals surface area contributed by atoms with Crippen LogP contribution in [0, 0.1) is 5.92 Å². The van der Waals surface area contributed by atoms with Crippen LogP contribution in [0.25, 0.3) is 0 Å². The van der Waals surface area contributed by atoms with Crippen molar-refractivity contribution in [1.29, 1.82) is 0 Å². The summed E-state index contributed by atoms with van der Waals surface area (Å²) >= 11 is 1.29. The number of likely N-dealkylation sites (tertiary alicyclic amines) is 1. The second-order valence-electron chi connectivity index (χ2n) is 5.51. The van der Waals surface area contributed by atoms with Gasteiger partial charge in [-0.1, -0.05) is 13.8 Å². The molecule has 0 radical (unpaired) electrons. The Kier molecular flexibility index (Phi) is 5.69. The molecular weight excluding hydrogens is 290 g/mol. The van der Waals surface area contributed by atoms with Crippen molar-refractivity contribution >= 4 is 28.3 Å². The summed E-state index contributed by atoms with van der Waals surface area (Å²) < 4.78 is 5.77. The maximum atomic E-state index is 12.0. The van der Waals surface area contributed by atoms with Crippen LogP contribution < -0.4 is 5.32 Å². The maximum Gasteiger partial charge on any atom is 0.315 e. The summed E-state index contributed by atoms with van der Waals surface area (Å²) in [6.45, 7) is 6.09. The van der Waals surface area contributed by atoms with Crippen LogP contribution in [0.5, 0.6) is 0 Å². The molecule has 1 aromatic heterocycles. The van der Waals surface area contributed by atoms with Gasteiger partial charge in [0, 0.05) is 31.3 Å². The fraction of sp³-hybridized carbons (Fsp3) is 0.643. The van der Waals surface area contributed by atoms with E-state index in [1.165, 1.54) is 11.3 Å². The van der Waals surface area contributed by atoms with Crippen molar-refractivity contribution in [3.63, 3.8) is 0 Å². The Morgan fingerprint density at radius 3 is 2.76 bits per heavy atom. The van der Waals surface area contributed by atoms with Gasteiger partial charge in [-0.15, -0.1) is 11.3 Å². The van der Waals surface area contributed by atoms with Crippen molar-refractivity contribution < 1.29 is 14.3 Å². The van der Waals surface area contributed by atoms with Crippen LogP contribution in [0.15, 0.2) is 11.6 Å². The highest BCUT2D eigenvalue weighted by atomic mass is 32.1. The number of thiazole rings is 1. The van der Waals surface area contributed by atoms with E-state index in [0.29, 0.717) is 24.1 Å². The SMILES string of the molecule is CC(C)COC1CCN(C(=O)C(=O)Nc2nccs2)CC1. The van der Waals surface area contributed by atoms with Gasteiger partial charge in [-0.05, 0) is 18.8 Å². The monoisotopic (exact) mass is 311 g/mol. The smallest absolute Gasteiger partial charge is 0.315 e. The molecule has 0 saturated carbocycles. The third-order valence-corrected chi connectivity index (χ3v) is 3.93. The number of aromatic nitrogens is 1. The van der Waals surface area contributed by atoms with Gasteiger partial charge >= 0.3 is 11.8 Å². The lowest BCUT2D eigenvalue weighted by atomic mass is 10.1. The van der Waals surface area contributed by atoms with E-state index in [0.717, 1.165) is 19.4 Å². The summed E-state index contributed by atoms with van der Waals surface area (Å²) in [5.74, 6) is -0.604. The third-order valence-electron chi connectivity index (χ3n) is 3.24. The second kappa shape index (κ2) is 7.51. The molecule has 1 fully saturated rings. The Morgan fingerprint density at radius 1 is 1.48 bits per heavy atom. The molecule has 0 bridgehead atoms. The van der Waals surface area contributed by atoms with Gasteiger partial charge < -0.3 is 9.64 Å². The van der Waals surface area contributed by atoms with Crippen LogP contribution in [0.3, 0.4) is 0 Å². The number of nitrogens with zero attached hydrogens (tertiary/aromatic N) is 2. The lowest BCUT2D eigenvalue weighted by Crippen LogP contribution is -2.45. The van der Waals surface area contributed by atoms with Gasteiger partial charge in [0.05, 0.1) is 6.10 Å². The number of carbonyl (C=O) groups is 2. The van der Waals surface area contributed by atoms with Crippen molar-refractivity contribution in [2.24, 2.45) is 5.92 Å². The Labute approximate surface area is 128 Å². The third kappa shape index (κ3) is 4.78. The summed E-state index contributed by atoms with van der Waals surface area (Å²) in [5.41, 5.74) is 0. The van der Waals surface area contributed by atoms with Gasteiger partial charge in [0.1, 0.15) is 0 Å². The number of anilines is 1. The van der Waals surface area contributed by atoms with E-state index >= 15 is 0 Å². The molecule has 1 aliphatic rings. The average Bonchev–Trinajstić information content (AvgIpc) is 2.97. The van der Waals surface area contributed by atoms with Gasteiger partial charge in [-0.3, -0.25) is 14.9 Å². The van der Waals surface area contributed by atoms with E-state index in [1.54, 1.807) is 16.5 Å². The number of rotatable bonds is 4. The number of hydrogen-bond donors (Lipinski definition) is 1. The average molecular weight is 311 g/mol. The quantitative estimate of drug-likeness (QED) is 0.860. The van der Waals surface area contributed by atoms with Crippen molar-refractivity contribution in [2.45, 2.75) is 32.8 Å². The van der Waals surface area contributed by atoms with Crippen molar-refractivity contribution in [3.05, 3.63) is 11.6 Å². The largest absolute Gasteiger partial charge is 0.378 e. The number of amides is 2. The van der Waals surface area contributed by atoms with Crippen molar-refractivity contribution in [2.75, 3.05) is 25.0 Å². The Balaban J connectivity index is 1.76. The lowest BCUT2D eigenvalue weighted by Gasteiger charge is -2.31. The first-order valence-electron chi connectivity index (χ1n) is 7.17. The minimum atomic E-state index is -0.619. The zero-order valence-electron chi connectivity index (χ0n) is 12.4. The zero-order chi connectivity index (χ0) is 15.2. The molecule has 0 unspecified atom stereocenters. The maximum absolute atomic E-state index is 12.0. The molecule has 0 atom stereocenters. The predicted octanol–water partition coefficient (Wildman–Crippen LogP) is 1.75. The molecule has 2 rings (SSSR count). The normalized spacial score (nSPS) is 16.2. The Bertz CT molecular complexity index is 468. The first kappa shape index (κ1) is 15.9. The zero-order valence-corrected chi connectivity index (χ0v) is 13.2. The van der Waals surface area contributed by atoms with Gasteiger partial charge in [-0.25, -0.2) is 4.98 Å². The van der Waals surface area contributed by atoms with Gasteiger partial charge in [-0.2, -0.15) is 0 Å². The van der Waals surface area contributed by atoms with E-state index in [4.69, 9.17) is 4.74 Å². The van der Waals surface area contributed by atoms with Crippen LogP contribution in [0.4, 0.5) is 5.13 Å². The summed E-state index contributed by atoms with van der Waals surface area (Å²) in [4.78, 5) is 29.4. The lowest BCUT2D eigenvalue weighted by molar-refractivity contribution is -0.145. The highest BCUT2D eigenvalue weighted by Gasteiger charge is 2.27. The molecule has 0 aromatic carbocycles. The van der Waals surface area contributed by atoms with Crippen LogP contribution >= 0.6 is 11.3 Å².